The zero-order valence-electron chi connectivity index (χ0n) is 8.33. The molecule has 1 aromatic rings. The summed E-state index contributed by atoms with van der Waals surface area (Å²) in [5.41, 5.74) is 7.59. The van der Waals surface area contributed by atoms with E-state index in [1.54, 1.807) is 6.20 Å². The van der Waals surface area contributed by atoms with Gasteiger partial charge in [-0.1, -0.05) is 0 Å². The van der Waals surface area contributed by atoms with Crippen LogP contribution in [-0.2, 0) is 6.42 Å². The Labute approximate surface area is 79.6 Å². The molecule has 0 unspecified atom stereocenters. The Morgan fingerprint density at radius 3 is 2.77 bits per heavy atom. The van der Waals surface area contributed by atoms with Crippen LogP contribution in [0.4, 0.5) is 5.69 Å². The van der Waals surface area contributed by atoms with Gasteiger partial charge in [0, 0.05) is 12.4 Å². The number of hydrogen-bond acceptors (Lipinski definition) is 3. The van der Waals surface area contributed by atoms with Crippen LogP contribution in [0.15, 0.2) is 18.5 Å². The zero-order chi connectivity index (χ0) is 9.68. The lowest BCUT2D eigenvalue weighted by atomic mass is 10.1. The molecule has 0 radical (unpaired) electrons. The Hall–Kier alpha value is -1.09. The van der Waals surface area contributed by atoms with Crippen LogP contribution in [-0.4, -0.2) is 30.5 Å². The number of pyridine rings is 1. The fraction of sp³-hybridized carbons (Fsp3) is 0.500. The van der Waals surface area contributed by atoms with E-state index in [0.29, 0.717) is 0 Å². The molecule has 0 saturated heterocycles. The van der Waals surface area contributed by atoms with Crippen LogP contribution < -0.4 is 5.73 Å². The first-order valence-electron chi connectivity index (χ1n) is 4.52. The first-order chi connectivity index (χ1) is 6.18. The Kier molecular flexibility index (Phi) is 3.71. The zero-order valence-corrected chi connectivity index (χ0v) is 8.33. The highest BCUT2D eigenvalue weighted by Crippen LogP contribution is 2.06. The third kappa shape index (κ3) is 3.90. The average Bonchev–Trinajstić information content (AvgIpc) is 2.03. The summed E-state index contributed by atoms with van der Waals surface area (Å²) in [6.07, 6.45) is 5.76. The maximum atomic E-state index is 5.62. The second kappa shape index (κ2) is 4.82. The highest BCUT2D eigenvalue weighted by Gasteiger charge is 1.95. The van der Waals surface area contributed by atoms with E-state index in [2.05, 4.69) is 24.0 Å². The Bertz CT molecular complexity index is 258. The summed E-state index contributed by atoms with van der Waals surface area (Å²) in [5.74, 6) is 0. The van der Waals surface area contributed by atoms with Crippen molar-refractivity contribution in [2.45, 2.75) is 12.8 Å². The minimum absolute atomic E-state index is 0.752. The predicted molar refractivity (Wildman–Crippen MR) is 55.5 cm³/mol. The average molecular weight is 179 g/mol. The number of nitrogens with zero attached hydrogens (tertiary/aromatic N) is 2. The first kappa shape index (κ1) is 9.99. The second-order valence-corrected chi connectivity index (χ2v) is 3.53. The van der Waals surface area contributed by atoms with Crippen molar-refractivity contribution in [1.82, 2.24) is 9.88 Å². The van der Waals surface area contributed by atoms with Crippen molar-refractivity contribution >= 4 is 5.69 Å². The summed E-state index contributed by atoms with van der Waals surface area (Å²) in [5, 5.41) is 0. The lowest BCUT2D eigenvalue weighted by molar-refractivity contribution is 0.400. The van der Waals surface area contributed by atoms with E-state index < -0.39 is 0 Å². The van der Waals surface area contributed by atoms with Crippen molar-refractivity contribution in [2.24, 2.45) is 0 Å². The number of aryl methyl sites for hydroxylation is 1. The maximum Gasteiger partial charge on any atom is 0.0503 e. The van der Waals surface area contributed by atoms with Gasteiger partial charge in [0.05, 0.1) is 5.69 Å². The van der Waals surface area contributed by atoms with Gasteiger partial charge in [-0.3, -0.25) is 4.98 Å². The molecule has 0 saturated carbocycles. The Balaban J connectivity index is 2.37. The molecule has 0 fully saturated rings. The van der Waals surface area contributed by atoms with Crippen LogP contribution in [0.1, 0.15) is 12.0 Å². The monoisotopic (exact) mass is 179 g/mol. The van der Waals surface area contributed by atoms with Crippen molar-refractivity contribution in [3.05, 3.63) is 24.0 Å². The Morgan fingerprint density at radius 2 is 2.15 bits per heavy atom. The van der Waals surface area contributed by atoms with E-state index in [0.717, 1.165) is 25.1 Å². The highest BCUT2D eigenvalue weighted by molar-refractivity contribution is 5.36. The molecule has 0 amide bonds. The molecule has 1 aromatic heterocycles. The van der Waals surface area contributed by atoms with E-state index in [-0.39, 0.29) is 0 Å². The van der Waals surface area contributed by atoms with Crippen molar-refractivity contribution in [3.63, 3.8) is 0 Å². The van der Waals surface area contributed by atoms with E-state index in [1.807, 2.05) is 12.3 Å². The topological polar surface area (TPSA) is 42.2 Å². The minimum atomic E-state index is 0.752. The number of nitrogen functional groups attached to an aromatic ring is 1. The molecule has 72 valence electrons. The standard InChI is InChI=1S/C10H17N3/c1-13(2)5-3-4-9-6-10(11)8-12-7-9/h6-8H,3-5,11H2,1-2H3. The smallest absolute Gasteiger partial charge is 0.0503 e. The molecule has 0 aliphatic carbocycles. The number of aromatic nitrogens is 1. The van der Waals surface area contributed by atoms with E-state index >= 15 is 0 Å². The molecule has 3 heteroatoms. The van der Waals surface area contributed by atoms with Gasteiger partial charge < -0.3 is 10.6 Å². The predicted octanol–water partition coefficient (Wildman–Crippen LogP) is 1.16. The largest absolute Gasteiger partial charge is 0.397 e. The molecule has 1 rings (SSSR count). The number of anilines is 1. The highest BCUT2D eigenvalue weighted by atomic mass is 15.0. The molecule has 0 aliphatic rings. The molecular formula is C10H17N3. The van der Waals surface area contributed by atoms with E-state index in [1.165, 1.54) is 5.56 Å². The van der Waals surface area contributed by atoms with Crippen LogP contribution in [0.3, 0.4) is 0 Å². The molecular weight excluding hydrogens is 162 g/mol. The lowest BCUT2D eigenvalue weighted by Gasteiger charge is -2.08. The molecule has 3 nitrogen and oxygen atoms in total. The second-order valence-electron chi connectivity index (χ2n) is 3.53. The molecule has 0 atom stereocenters. The molecule has 0 aromatic carbocycles. The SMILES string of the molecule is CN(C)CCCc1cncc(N)c1. The molecule has 0 bridgehead atoms. The maximum absolute atomic E-state index is 5.62. The van der Waals surface area contributed by atoms with Gasteiger partial charge >= 0.3 is 0 Å². The van der Waals surface area contributed by atoms with Gasteiger partial charge in [0.15, 0.2) is 0 Å². The summed E-state index contributed by atoms with van der Waals surface area (Å²) < 4.78 is 0. The molecule has 13 heavy (non-hydrogen) atoms. The van der Waals surface area contributed by atoms with Crippen LogP contribution in [0.5, 0.6) is 0 Å². The van der Waals surface area contributed by atoms with Gasteiger partial charge in [-0.25, -0.2) is 0 Å². The minimum Gasteiger partial charge on any atom is -0.397 e. The van der Waals surface area contributed by atoms with E-state index in [4.69, 9.17) is 5.73 Å². The van der Waals surface area contributed by atoms with Crippen molar-refractivity contribution < 1.29 is 0 Å². The third-order valence-corrected chi connectivity index (χ3v) is 1.89. The fourth-order valence-electron chi connectivity index (χ4n) is 1.24. The van der Waals surface area contributed by atoms with Crippen molar-refractivity contribution in [1.29, 1.82) is 0 Å². The van der Waals surface area contributed by atoms with Gasteiger partial charge in [0.2, 0.25) is 0 Å². The number of nitrogens with two attached hydrogens (primary N) is 1. The van der Waals surface area contributed by atoms with Crippen molar-refractivity contribution in [3.8, 4) is 0 Å². The van der Waals surface area contributed by atoms with Gasteiger partial charge in [-0.15, -0.1) is 0 Å². The van der Waals surface area contributed by atoms with E-state index in [9.17, 15) is 0 Å². The molecule has 2 N–H and O–H groups in total. The summed E-state index contributed by atoms with van der Waals surface area (Å²) in [6.45, 7) is 1.11. The third-order valence-electron chi connectivity index (χ3n) is 1.89. The normalized spacial score (nSPS) is 10.7. The fourth-order valence-corrected chi connectivity index (χ4v) is 1.24. The van der Waals surface area contributed by atoms with Gasteiger partial charge in [-0.2, -0.15) is 0 Å². The molecule has 0 aliphatic heterocycles. The van der Waals surface area contributed by atoms with Gasteiger partial charge in [-0.05, 0) is 45.1 Å². The first-order valence-corrected chi connectivity index (χ1v) is 4.52. The van der Waals surface area contributed by atoms with Crippen molar-refractivity contribution in [2.75, 3.05) is 26.4 Å². The molecule has 0 spiro atoms. The van der Waals surface area contributed by atoms with Crippen LogP contribution >= 0.6 is 0 Å². The number of rotatable bonds is 4. The Morgan fingerprint density at radius 1 is 1.38 bits per heavy atom. The van der Waals surface area contributed by atoms with Crippen LogP contribution in [0.2, 0.25) is 0 Å². The summed E-state index contributed by atoms with van der Waals surface area (Å²) >= 11 is 0. The van der Waals surface area contributed by atoms with Crippen LogP contribution in [0, 0.1) is 0 Å². The summed E-state index contributed by atoms with van der Waals surface area (Å²) in [4.78, 5) is 6.22. The van der Waals surface area contributed by atoms with Gasteiger partial charge in [0.1, 0.15) is 0 Å². The number of hydrogen-bond donors (Lipinski definition) is 1. The molecule has 1 heterocycles. The summed E-state index contributed by atoms with van der Waals surface area (Å²) in [7, 11) is 4.16. The quantitative estimate of drug-likeness (QED) is 0.754. The lowest BCUT2D eigenvalue weighted by Crippen LogP contribution is -2.13. The van der Waals surface area contributed by atoms with Crippen LogP contribution in [0.25, 0.3) is 0 Å². The van der Waals surface area contributed by atoms with Gasteiger partial charge in [0.25, 0.3) is 0 Å². The summed E-state index contributed by atoms with van der Waals surface area (Å²) in [6, 6.07) is 1.99.